The molecular formula is C60H41N. The van der Waals surface area contributed by atoms with Crippen LogP contribution < -0.4 is 4.90 Å². The van der Waals surface area contributed by atoms with Crippen LogP contribution in [0.5, 0.6) is 0 Å². The van der Waals surface area contributed by atoms with E-state index in [4.69, 9.17) is 0 Å². The lowest BCUT2D eigenvalue weighted by atomic mass is 9.90. The van der Waals surface area contributed by atoms with Crippen LogP contribution in [-0.2, 0) is 0 Å². The molecule has 0 fully saturated rings. The third-order valence-electron chi connectivity index (χ3n) is 11.4. The number of benzene rings is 11. The maximum atomic E-state index is 9.65. The molecule has 0 aromatic heterocycles. The highest BCUT2D eigenvalue weighted by molar-refractivity contribution is 6.04. The number of hydrogen-bond donors (Lipinski definition) is 0. The van der Waals surface area contributed by atoms with E-state index in [1.807, 2.05) is 109 Å². The van der Waals surface area contributed by atoms with Gasteiger partial charge in [-0.3, -0.25) is 0 Å². The minimum atomic E-state index is -0.399. The summed E-state index contributed by atoms with van der Waals surface area (Å²) >= 11 is 0. The highest BCUT2D eigenvalue weighted by Gasteiger charge is 2.17. The monoisotopic (exact) mass is 783 g/mol. The Morgan fingerprint density at radius 2 is 0.770 bits per heavy atom. The minimum absolute atomic E-state index is 0.102. The van der Waals surface area contributed by atoms with Gasteiger partial charge in [-0.05, 0) is 130 Å². The molecule has 0 unspecified atom stereocenters. The van der Waals surface area contributed by atoms with Crippen molar-refractivity contribution in [1.82, 2.24) is 0 Å². The molecule has 0 radical (unpaired) electrons. The largest absolute Gasteiger partial charge is 0.311 e. The maximum Gasteiger partial charge on any atom is 0.0645 e. The van der Waals surface area contributed by atoms with Gasteiger partial charge in [0.2, 0.25) is 0 Å². The first-order chi connectivity index (χ1) is 33.6. The first-order valence-corrected chi connectivity index (χ1v) is 20.3. The molecule has 11 aromatic rings. The Morgan fingerprint density at radius 1 is 0.262 bits per heavy atom. The Balaban J connectivity index is 1.09. The fourth-order valence-corrected chi connectivity index (χ4v) is 8.34. The van der Waals surface area contributed by atoms with E-state index in [2.05, 4.69) is 60.7 Å². The van der Waals surface area contributed by atoms with E-state index in [0.29, 0.717) is 16.8 Å². The second-order valence-corrected chi connectivity index (χ2v) is 15.1. The molecule has 0 heterocycles. The van der Waals surface area contributed by atoms with Crippen LogP contribution >= 0.6 is 0 Å². The average molecular weight is 784 g/mol. The van der Waals surface area contributed by atoms with Gasteiger partial charge in [-0.2, -0.15) is 0 Å². The second kappa shape index (κ2) is 15.6. The third-order valence-corrected chi connectivity index (χ3v) is 11.4. The molecule has 1 heteroatoms. The standard InChI is InChI=1S/C60H41N/c1-2-14-50(15-3-1)60-58-19-9-7-13-47(58)33-40-59(60)49-31-38-55(39-32-49)61(54-36-29-48(30-37-54)57-20-10-17-46-12-6-8-18-56(46)57)53-34-27-44(28-35-53)43-21-23-45(24-22-43)52-26-25-42-11-4-5-16-51(42)41-52/h1-41H/i27D,28D,29D,30D,34D,35D,36D,37D. The lowest BCUT2D eigenvalue weighted by Crippen LogP contribution is -2.09. The van der Waals surface area contributed by atoms with Gasteiger partial charge >= 0.3 is 0 Å². The van der Waals surface area contributed by atoms with Crippen LogP contribution in [0.1, 0.15) is 11.0 Å². The smallest absolute Gasteiger partial charge is 0.0645 e. The van der Waals surface area contributed by atoms with E-state index in [9.17, 15) is 11.0 Å². The van der Waals surface area contributed by atoms with Gasteiger partial charge in [0.25, 0.3) is 0 Å². The SMILES string of the molecule is [2H]c1c([2H])c(N(c2ccc(-c3ccc4ccccc4c3-c3ccccc3)cc2)c2c([2H])c([2H])c(-c3cccc4ccccc34)c([2H])c2[2H])c([2H])c([2H])c1-c1ccc(-c2ccc3ccccc3c2)cc1. The van der Waals surface area contributed by atoms with Crippen molar-refractivity contribution in [3.63, 3.8) is 0 Å². The molecule has 61 heavy (non-hydrogen) atoms. The third kappa shape index (κ3) is 6.93. The number of anilines is 3. The van der Waals surface area contributed by atoms with Crippen molar-refractivity contribution in [3.05, 3.63) is 249 Å². The van der Waals surface area contributed by atoms with Gasteiger partial charge in [0.05, 0.1) is 11.0 Å². The number of rotatable bonds is 8. The Labute approximate surface area is 368 Å². The van der Waals surface area contributed by atoms with Crippen LogP contribution in [0.25, 0.3) is 88.0 Å². The second-order valence-electron chi connectivity index (χ2n) is 15.1. The van der Waals surface area contributed by atoms with Crippen LogP contribution in [0.15, 0.2) is 249 Å². The Bertz CT molecular complexity index is 3750. The topological polar surface area (TPSA) is 3.24 Å². The van der Waals surface area contributed by atoms with Crippen LogP contribution in [0, 0.1) is 0 Å². The van der Waals surface area contributed by atoms with Gasteiger partial charge in [0.1, 0.15) is 0 Å². The average Bonchev–Trinajstić information content (AvgIpc) is 3.39. The van der Waals surface area contributed by atoms with Crippen molar-refractivity contribution in [2.75, 3.05) is 4.90 Å². The normalized spacial score (nSPS) is 13.1. The van der Waals surface area contributed by atoms with E-state index in [1.165, 1.54) is 4.90 Å². The molecule has 0 saturated heterocycles. The molecular weight excluding hydrogens is 735 g/mol. The molecule has 0 atom stereocenters. The minimum Gasteiger partial charge on any atom is -0.311 e. The van der Waals surface area contributed by atoms with Crippen molar-refractivity contribution in [1.29, 1.82) is 0 Å². The zero-order valence-corrected chi connectivity index (χ0v) is 33.0. The Morgan fingerprint density at radius 3 is 1.48 bits per heavy atom. The van der Waals surface area contributed by atoms with E-state index < -0.39 is 24.2 Å². The maximum absolute atomic E-state index is 9.65. The fraction of sp³-hybridized carbons (Fsp3) is 0. The lowest BCUT2D eigenvalue weighted by molar-refractivity contribution is 1.28. The molecule has 0 aliphatic rings. The lowest BCUT2D eigenvalue weighted by Gasteiger charge is -2.26. The summed E-state index contributed by atoms with van der Waals surface area (Å²) in [6, 6.07) is 62.0. The molecule has 11 aromatic carbocycles. The Kier molecular flexibility index (Phi) is 7.29. The molecule has 1 nitrogen and oxygen atoms in total. The summed E-state index contributed by atoms with van der Waals surface area (Å²) < 4.78 is 76.6. The highest BCUT2D eigenvalue weighted by Crippen LogP contribution is 2.42. The van der Waals surface area contributed by atoms with Crippen LogP contribution in [0.2, 0.25) is 0 Å². The summed E-state index contributed by atoms with van der Waals surface area (Å²) in [6.07, 6.45) is 0. The molecule has 286 valence electrons. The van der Waals surface area contributed by atoms with E-state index in [-0.39, 0.29) is 46.7 Å². The van der Waals surface area contributed by atoms with E-state index in [1.54, 1.807) is 30.3 Å². The summed E-state index contributed by atoms with van der Waals surface area (Å²) in [7, 11) is 0. The number of fused-ring (bicyclic) bond motifs is 3. The van der Waals surface area contributed by atoms with Gasteiger partial charge in [-0.1, -0.05) is 206 Å². The molecule has 0 spiro atoms. The first kappa shape index (κ1) is 28.4. The van der Waals surface area contributed by atoms with E-state index in [0.717, 1.165) is 65.7 Å². The Hall–Kier alpha value is -8.00. The summed E-state index contributed by atoms with van der Waals surface area (Å²) in [4.78, 5) is 1.36. The van der Waals surface area contributed by atoms with Crippen molar-refractivity contribution in [2.45, 2.75) is 0 Å². The predicted molar refractivity (Wildman–Crippen MR) is 261 cm³/mol. The first-order valence-electron chi connectivity index (χ1n) is 24.3. The molecule has 0 amide bonds. The zero-order chi connectivity index (χ0) is 47.5. The highest BCUT2D eigenvalue weighted by atomic mass is 15.1. The molecule has 0 bridgehead atoms. The van der Waals surface area contributed by atoms with E-state index >= 15 is 0 Å². The van der Waals surface area contributed by atoms with Crippen LogP contribution in [0.3, 0.4) is 0 Å². The molecule has 0 N–H and O–H groups in total. The summed E-state index contributed by atoms with van der Waals surface area (Å²) in [5.74, 6) is 0. The molecule has 0 aliphatic heterocycles. The fourth-order valence-electron chi connectivity index (χ4n) is 8.34. The van der Waals surface area contributed by atoms with Crippen molar-refractivity contribution < 1.29 is 11.0 Å². The van der Waals surface area contributed by atoms with Gasteiger partial charge in [-0.25, -0.2) is 0 Å². The quantitative estimate of drug-likeness (QED) is 0.148. The molecule has 11 rings (SSSR count). The van der Waals surface area contributed by atoms with Crippen molar-refractivity contribution >= 4 is 49.4 Å². The van der Waals surface area contributed by atoms with Gasteiger partial charge in [0.15, 0.2) is 0 Å². The van der Waals surface area contributed by atoms with Crippen LogP contribution in [-0.4, -0.2) is 0 Å². The number of hydrogen-bond acceptors (Lipinski definition) is 1. The predicted octanol–water partition coefficient (Wildman–Crippen LogP) is 17.0. The van der Waals surface area contributed by atoms with Crippen LogP contribution in [0.4, 0.5) is 17.1 Å². The van der Waals surface area contributed by atoms with Crippen molar-refractivity contribution in [3.8, 4) is 55.6 Å². The van der Waals surface area contributed by atoms with Gasteiger partial charge < -0.3 is 4.90 Å². The van der Waals surface area contributed by atoms with Gasteiger partial charge in [0, 0.05) is 17.1 Å². The molecule has 0 aliphatic carbocycles. The van der Waals surface area contributed by atoms with Crippen molar-refractivity contribution in [2.24, 2.45) is 0 Å². The summed E-state index contributed by atoms with van der Waals surface area (Å²) in [5.41, 5.74) is 7.00. The number of nitrogens with zero attached hydrogens (tertiary/aromatic N) is 1. The summed E-state index contributed by atoms with van der Waals surface area (Å²) in [6.45, 7) is 0. The summed E-state index contributed by atoms with van der Waals surface area (Å²) in [5, 5.41) is 6.04. The zero-order valence-electron chi connectivity index (χ0n) is 41.0. The van der Waals surface area contributed by atoms with Gasteiger partial charge in [-0.15, -0.1) is 0 Å². The molecule has 0 saturated carbocycles.